The molecule has 5 nitrogen and oxygen atoms in total. The van der Waals surface area contributed by atoms with Gasteiger partial charge in [0.1, 0.15) is 0 Å². The van der Waals surface area contributed by atoms with Crippen LogP contribution in [0.5, 0.6) is 0 Å². The molecule has 2 rings (SSSR count). The molecular formula is C15H26N4OS. The Labute approximate surface area is 131 Å². The van der Waals surface area contributed by atoms with Crippen molar-refractivity contribution >= 4 is 17.7 Å². The van der Waals surface area contributed by atoms with Crippen molar-refractivity contribution in [2.75, 3.05) is 5.75 Å². The van der Waals surface area contributed by atoms with Crippen molar-refractivity contribution in [3.05, 3.63) is 5.82 Å². The van der Waals surface area contributed by atoms with Gasteiger partial charge in [-0.25, -0.2) is 0 Å². The van der Waals surface area contributed by atoms with Crippen LogP contribution in [0.15, 0.2) is 5.16 Å². The minimum atomic E-state index is 0.175. The number of carbonyl (C=O) groups excluding carboxylic acids is 1. The fourth-order valence-corrected chi connectivity index (χ4v) is 3.42. The van der Waals surface area contributed by atoms with Crippen molar-refractivity contribution in [1.82, 2.24) is 20.1 Å². The first kappa shape index (κ1) is 16.3. The van der Waals surface area contributed by atoms with Crippen molar-refractivity contribution in [1.29, 1.82) is 0 Å². The molecule has 1 amide bonds. The molecule has 1 heterocycles. The highest BCUT2D eigenvalue weighted by molar-refractivity contribution is 7.99. The molecule has 1 aliphatic rings. The Bertz CT molecular complexity index is 466. The number of amides is 1. The summed E-state index contributed by atoms with van der Waals surface area (Å²) in [6.45, 7) is 4.85. The molecule has 0 spiro atoms. The van der Waals surface area contributed by atoms with E-state index < -0.39 is 0 Å². The largest absolute Gasteiger partial charge is 0.349 e. The summed E-state index contributed by atoms with van der Waals surface area (Å²) >= 11 is 1.71. The average Bonchev–Trinajstić information content (AvgIpc) is 2.84. The number of hydrogen-bond donors (Lipinski definition) is 1. The zero-order valence-corrected chi connectivity index (χ0v) is 14.1. The topological polar surface area (TPSA) is 59.8 Å². The summed E-state index contributed by atoms with van der Waals surface area (Å²) in [5, 5.41) is 12.3. The Balaban J connectivity index is 1.84. The summed E-state index contributed by atoms with van der Waals surface area (Å²) < 4.78 is 1.98. The molecule has 0 aromatic carbocycles. The molecule has 118 valence electrons. The molecule has 1 fully saturated rings. The summed E-state index contributed by atoms with van der Waals surface area (Å²) in [4.78, 5) is 12.1. The second-order valence-electron chi connectivity index (χ2n) is 6.22. The number of thioether (sulfide) groups is 1. The molecule has 1 saturated carbocycles. The van der Waals surface area contributed by atoms with Gasteiger partial charge in [-0.05, 0) is 18.8 Å². The highest BCUT2D eigenvalue weighted by Gasteiger charge is 2.21. The first-order chi connectivity index (χ1) is 10.1. The van der Waals surface area contributed by atoms with Crippen LogP contribution >= 0.6 is 11.8 Å². The predicted molar refractivity (Wildman–Crippen MR) is 85.0 cm³/mol. The molecule has 1 aliphatic carbocycles. The molecule has 0 saturated heterocycles. The lowest BCUT2D eigenvalue weighted by Crippen LogP contribution is -2.32. The maximum Gasteiger partial charge on any atom is 0.223 e. The van der Waals surface area contributed by atoms with Crippen molar-refractivity contribution < 1.29 is 4.79 Å². The van der Waals surface area contributed by atoms with Crippen LogP contribution in [0.1, 0.15) is 51.8 Å². The van der Waals surface area contributed by atoms with E-state index in [2.05, 4.69) is 29.4 Å². The normalized spacial score (nSPS) is 16.4. The predicted octanol–water partition coefficient (Wildman–Crippen LogP) is 2.76. The van der Waals surface area contributed by atoms with Crippen LogP contribution in [-0.4, -0.2) is 26.4 Å². The molecule has 1 aromatic rings. The van der Waals surface area contributed by atoms with Gasteiger partial charge in [-0.1, -0.05) is 44.9 Å². The lowest BCUT2D eigenvalue weighted by Gasteiger charge is -2.20. The first-order valence-corrected chi connectivity index (χ1v) is 8.85. The molecular weight excluding hydrogens is 284 g/mol. The maximum absolute atomic E-state index is 12.1. The van der Waals surface area contributed by atoms with Gasteiger partial charge in [-0.2, -0.15) is 0 Å². The van der Waals surface area contributed by atoms with Crippen LogP contribution in [0.25, 0.3) is 0 Å². The van der Waals surface area contributed by atoms with Gasteiger partial charge in [0.05, 0.1) is 6.54 Å². The number of carbonyl (C=O) groups is 1. The minimum absolute atomic E-state index is 0.175. The Morgan fingerprint density at radius 1 is 1.33 bits per heavy atom. The molecule has 0 unspecified atom stereocenters. The van der Waals surface area contributed by atoms with Crippen LogP contribution in [0.4, 0.5) is 0 Å². The quantitative estimate of drug-likeness (QED) is 0.821. The monoisotopic (exact) mass is 310 g/mol. The smallest absolute Gasteiger partial charge is 0.223 e. The highest BCUT2D eigenvalue weighted by Crippen LogP contribution is 2.23. The average molecular weight is 310 g/mol. The Morgan fingerprint density at radius 3 is 2.71 bits per heavy atom. The first-order valence-electron chi connectivity index (χ1n) is 7.86. The SMILES string of the molecule is CC(C)CSc1nnc(CNC(=O)C2CCCCC2)n1C. The van der Waals surface area contributed by atoms with Crippen LogP contribution in [0.3, 0.4) is 0 Å². The maximum atomic E-state index is 12.1. The van der Waals surface area contributed by atoms with Gasteiger partial charge in [0.2, 0.25) is 5.91 Å². The van der Waals surface area contributed by atoms with E-state index in [0.29, 0.717) is 12.5 Å². The van der Waals surface area contributed by atoms with Gasteiger partial charge < -0.3 is 9.88 Å². The third-order valence-corrected chi connectivity index (χ3v) is 5.31. The van der Waals surface area contributed by atoms with Gasteiger partial charge in [-0.15, -0.1) is 10.2 Å². The fraction of sp³-hybridized carbons (Fsp3) is 0.800. The Kier molecular flexibility index (Phi) is 6.08. The molecule has 1 N–H and O–H groups in total. The summed E-state index contributed by atoms with van der Waals surface area (Å²) in [5.74, 6) is 2.85. The number of rotatable bonds is 6. The third kappa shape index (κ3) is 4.73. The number of nitrogens with zero attached hydrogens (tertiary/aromatic N) is 3. The van der Waals surface area contributed by atoms with Crippen LogP contribution in [-0.2, 0) is 18.4 Å². The van der Waals surface area contributed by atoms with Crippen LogP contribution in [0.2, 0.25) is 0 Å². The van der Waals surface area contributed by atoms with Crippen molar-refractivity contribution in [2.45, 2.75) is 57.7 Å². The van der Waals surface area contributed by atoms with Crippen molar-refractivity contribution in [3.8, 4) is 0 Å². The molecule has 0 radical (unpaired) electrons. The van der Waals surface area contributed by atoms with Crippen LogP contribution in [0, 0.1) is 11.8 Å². The van der Waals surface area contributed by atoms with Gasteiger partial charge >= 0.3 is 0 Å². The standard InChI is InChI=1S/C15H26N4OS/c1-11(2)10-21-15-18-17-13(19(15)3)9-16-14(20)12-7-5-4-6-8-12/h11-12H,4-10H2,1-3H3,(H,16,20). The van der Waals surface area contributed by atoms with E-state index in [0.717, 1.165) is 29.6 Å². The molecule has 0 bridgehead atoms. The number of hydrogen-bond acceptors (Lipinski definition) is 4. The van der Waals surface area contributed by atoms with E-state index in [1.165, 1.54) is 19.3 Å². The zero-order valence-electron chi connectivity index (χ0n) is 13.3. The van der Waals surface area contributed by atoms with E-state index in [9.17, 15) is 4.79 Å². The van der Waals surface area contributed by atoms with Gasteiger partial charge in [0, 0.05) is 18.7 Å². The second kappa shape index (κ2) is 7.82. The fourth-order valence-electron chi connectivity index (χ4n) is 2.54. The summed E-state index contributed by atoms with van der Waals surface area (Å²) in [6, 6.07) is 0. The second-order valence-corrected chi connectivity index (χ2v) is 7.20. The highest BCUT2D eigenvalue weighted by atomic mass is 32.2. The van der Waals surface area contributed by atoms with Crippen molar-refractivity contribution in [2.24, 2.45) is 18.9 Å². The number of nitrogens with one attached hydrogen (secondary N) is 1. The number of aromatic nitrogens is 3. The molecule has 0 aliphatic heterocycles. The van der Waals surface area contributed by atoms with Gasteiger partial charge in [0.15, 0.2) is 11.0 Å². The van der Waals surface area contributed by atoms with E-state index in [1.54, 1.807) is 11.8 Å². The lowest BCUT2D eigenvalue weighted by molar-refractivity contribution is -0.126. The van der Waals surface area contributed by atoms with E-state index >= 15 is 0 Å². The van der Waals surface area contributed by atoms with Gasteiger partial charge in [-0.3, -0.25) is 4.79 Å². The lowest BCUT2D eigenvalue weighted by atomic mass is 9.89. The molecule has 6 heteroatoms. The minimum Gasteiger partial charge on any atom is -0.349 e. The summed E-state index contributed by atoms with van der Waals surface area (Å²) in [5.41, 5.74) is 0. The zero-order chi connectivity index (χ0) is 15.2. The Morgan fingerprint density at radius 2 is 2.05 bits per heavy atom. The Hall–Kier alpha value is -1.04. The molecule has 0 atom stereocenters. The third-order valence-electron chi connectivity index (χ3n) is 3.87. The van der Waals surface area contributed by atoms with E-state index in [-0.39, 0.29) is 11.8 Å². The van der Waals surface area contributed by atoms with Gasteiger partial charge in [0.25, 0.3) is 0 Å². The van der Waals surface area contributed by atoms with E-state index in [1.807, 2.05) is 11.6 Å². The molecule has 21 heavy (non-hydrogen) atoms. The summed E-state index contributed by atoms with van der Waals surface area (Å²) in [7, 11) is 1.96. The van der Waals surface area contributed by atoms with E-state index in [4.69, 9.17) is 0 Å². The summed E-state index contributed by atoms with van der Waals surface area (Å²) in [6.07, 6.45) is 5.68. The van der Waals surface area contributed by atoms with Crippen molar-refractivity contribution in [3.63, 3.8) is 0 Å². The van der Waals surface area contributed by atoms with Crippen LogP contribution < -0.4 is 5.32 Å². The molecule has 1 aromatic heterocycles.